The molecule has 30 heavy (non-hydrogen) atoms. The number of nitrogens with one attached hydrogen (secondary N) is 2. The van der Waals surface area contributed by atoms with Crippen LogP contribution in [0.5, 0.6) is 11.5 Å². The summed E-state index contributed by atoms with van der Waals surface area (Å²) in [7, 11) is 0. The van der Waals surface area contributed by atoms with Gasteiger partial charge >= 0.3 is 0 Å². The lowest BCUT2D eigenvalue weighted by Crippen LogP contribution is -2.39. The number of nitrogens with zero attached hydrogens (tertiary/aromatic N) is 2. The van der Waals surface area contributed by atoms with E-state index in [1.807, 2.05) is 24.0 Å². The maximum atomic E-state index is 12.1. The van der Waals surface area contributed by atoms with E-state index in [1.54, 1.807) is 0 Å². The number of halogens is 2. The number of guanidine groups is 1. The van der Waals surface area contributed by atoms with Gasteiger partial charge in [0.25, 0.3) is 0 Å². The van der Waals surface area contributed by atoms with Crippen molar-refractivity contribution >= 4 is 47.4 Å². The number of rotatable bonds is 7. The Morgan fingerprint density at radius 2 is 2.03 bits per heavy atom. The molecule has 0 aliphatic carbocycles. The van der Waals surface area contributed by atoms with Crippen LogP contribution in [-0.4, -0.2) is 56.2 Å². The van der Waals surface area contributed by atoms with Crippen molar-refractivity contribution in [2.24, 2.45) is 4.99 Å². The predicted molar refractivity (Wildman–Crippen MR) is 130 cm³/mol. The molecule has 3 rings (SSSR count). The first-order valence-corrected chi connectivity index (χ1v) is 10.9. The fourth-order valence-electron chi connectivity index (χ4n) is 3.52. The average molecular weight is 551 g/mol. The zero-order chi connectivity index (χ0) is 20.5. The zero-order valence-electron chi connectivity index (χ0n) is 17.5. The summed E-state index contributed by atoms with van der Waals surface area (Å²) < 4.78 is 11.2. The van der Waals surface area contributed by atoms with Crippen molar-refractivity contribution in [3.8, 4) is 11.5 Å². The van der Waals surface area contributed by atoms with Crippen molar-refractivity contribution < 1.29 is 14.3 Å². The van der Waals surface area contributed by atoms with Crippen molar-refractivity contribution in [3.05, 3.63) is 22.7 Å². The smallest absolute Gasteiger partial charge is 0.222 e. The largest absolute Gasteiger partial charge is 0.486 e. The molecule has 2 N–H and O–H groups in total. The average Bonchev–Trinajstić information content (AvgIpc) is 2.93. The van der Waals surface area contributed by atoms with Gasteiger partial charge in [-0.05, 0) is 43.9 Å². The van der Waals surface area contributed by atoms with Crippen molar-refractivity contribution in [2.45, 2.75) is 45.6 Å². The highest BCUT2D eigenvalue weighted by Gasteiger charge is 2.17. The molecule has 0 spiro atoms. The van der Waals surface area contributed by atoms with E-state index in [0.29, 0.717) is 48.6 Å². The number of amides is 1. The Kier molecular flexibility index (Phi) is 10.8. The lowest BCUT2D eigenvalue weighted by atomic mass is 10.2. The topological polar surface area (TPSA) is 75.2 Å². The number of benzene rings is 1. The van der Waals surface area contributed by atoms with Crippen LogP contribution in [0.3, 0.4) is 0 Å². The molecule has 1 aromatic rings. The minimum absolute atomic E-state index is 0. The lowest BCUT2D eigenvalue weighted by molar-refractivity contribution is -0.130. The summed E-state index contributed by atoms with van der Waals surface area (Å²) in [4.78, 5) is 18.7. The monoisotopic (exact) mass is 550 g/mol. The van der Waals surface area contributed by atoms with Gasteiger partial charge < -0.3 is 25.0 Å². The van der Waals surface area contributed by atoms with E-state index in [4.69, 9.17) is 21.1 Å². The van der Waals surface area contributed by atoms with Gasteiger partial charge in [-0.3, -0.25) is 4.79 Å². The van der Waals surface area contributed by atoms with Gasteiger partial charge in [-0.25, -0.2) is 4.99 Å². The number of carbonyl (C=O) groups excluding carboxylic acids is 1. The fourth-order valence-corrected chi connectivity index (χ4v) is 3.81. The van der Waals surface area contributed by atoms with E-state index in [2.05, 4.69) is 15.6 Å². The molecule has 1 aromatic carbocycles. The van der Waals surface area contributed by atoms with Gasteiger partial charge in [-0.15, -0.1) is 24.0 Å². The van der Waals surface area contributed by atoms with Crippen LogP contribution in [0.15, 0.2) is 17.1 Å². The second kappa shape index (κ2) is 13.1. The summed E-state index contributed by atoms with van der Waals surface area (Å²) in [6, 6.07) is 3.80. The van der Waals surface area contributed by atoms with E-state index in [-0.39, 0.29) is 24.0 Å². The van der Waals surface area contributed by atoms with Crippen LogP contribution >= 0.6 is 35.6 Å². The van der Waals surface area contributed by atoms with Gasteiger partial charge in [0.2, 0.25) is 5.91 Å². The summed E-state index contributed by atoms with van der Waals surface area (Å²) in [5, 5.41) is 7.15. The zero-order valence-corrected chi connectivity index (χ0v) is 20.6. The van der Waals surface area contributed by atoms with E-state index in [1.165, 1.54) is 0 Å². The molecule has 0 unspecified atom stereocenters. The third kappa shape index (κ3) is 7.37. The highest BCUT2D eigenvalue weighted by Crippen LogP contribution is 2.38. The Labute approximate surface area is 200 Å². The highest BCUT2D eigenvalue weighted by molar-refractivity contribution is 14.0. The van der Waals surface area contributed by atoms with E-state index in [9.17, 15) is 4.79 Å². The van der Waals surface area contributed by atoms with Crippen LogP contribution in [0.2, 0.25) is 5.02 Å². The molecule has 0 radical (unpaired) electrons. The quantitative estimate of drug-likeness (QED) is 0.235. The van der Waals surface area contributed by atoms with E-state index >= 15 is 0 Å². The summed E-state index contributed by atoms with van der Waals surface area (Å²) in [6.07, 6.45) is 4.87. The SMILES string of the molecule is CCNC(=NCc1cc(Cl)c2c(c1)OCCO2)NCCCN1CCCCCC1=O.I. The van der Waals surface area contributed by atoms with Crippen molar-refractivity contribution in [1.82, 2.24) is 15.5 Å². The summed E-state index contributed by atoms with van der Waals surface area (Å²) in [5.74, 6) is 2.33. The number of aliphatic imine (C=N–C) groups is 1. The van der Waals surface area contributed by atoms with Crippen LogP contribution < -0.4 is 20.1 Å². The maximum absolute atomic E-state index is 12.1. The number of carbonyl (C=O) groups is 1. The van der Waals surface area contributed by atoms with Gasteiger partial charge in [0, 0.05) is 32.6 Å². The van der Waals surface area contributed by atoms with E-state index in [0.717, 1.165) is 63.4 Å². The second-order valence-electron chi connectivity index (χ2n) is 7.27. The number of likely N-dealkylation sites (tertiary alicyclic amines) is 1. The number of hydrogen-bond donors (Lipinski definition) is 2. The van der Waals surface area contributed by atoms with Crippen LogP contribution in [0, 0.1) is 0 Å². The molecule has 0 saturated carbocycles. The molecule has 0 aromatic heterocycles. The highest BCUT2D eigenvalue weighted by atomic mass is 127. The maximum Gasteiger partial charge on any atom is 0.222 e. The molecular weight excluding hydrogens is 519 g/mol. The molecule has 2 aliphatic heterocycles. The third-order valence-electron chi connectivity index (χ3n) is 4.99. The number of ether oxygens (including phenoxy) is 2. The normalized spacial score (nSPS) is 16.5. The minimum atomic E-state index is 0. The molecule has 0 bridgehead atoms. The van der Waals surface area contributed by atoms with Crippen LogP contribution in [-0.2, 0) is 11.3 Å². The molecule has 7 nitrogen and oxygen atoms in total. The fraction of sp³-hybridized carbons (Fsp3) is 0.619. The molecule has 2 heterocycles. The third-order valence-corrected chi connectivity index (χ3v) is 5.27. The number of hydrogen-bond acceptors (Lipinski definition) is 4. The molecular formula is C21H32ClIN4O3. The summed E-state index contributed by atoms with van der Waals surface area (Å²) in [6.45, 7) is 6.78. The Balaban J connectivity index is 0.00000320. The molecule has 9 heteroatoms. The van der Waals surface area contributed by atoms with Crippen LogP contribution in [0.1, 0.15) is 44.6 Å². The number of fused-ring (bicyclic) bond motifs is 1. The molecule has 1 saturated heterocycles. The first kappa shape index (κ1) is 24.8. The van der Waals surface area contributed by atoms with Crippen LogP contribution in [0.25, 0.3) is 0 Å². The van der Waals surface area contributed by atoms with Gasteiger partial charge in [0.05, 0.1) is 11.6 Å². The van der Waals surface area contributed by atoms with Crippen molar-refractivity contribution in [2.75, 3.05) is 39.4 Å². The molecule has 1 amide bonds. The van der Waals surface area contributed by atoms with Gasteiger partial charge in [-0.2, -0.15) is 0 Å². The van der Waals surface area contributed by atoms with Crippen molar-refractivity contribution in [1.29, 1.82) is 0 Å². The standard InChI is InChI=1S/C21H31ClN4O3.HI/c1-2-23-21(24-8-6-10-26-9-5-3-4-7-19(26)27)25-15-16-13-17(22)20-18(14-16)28-11-12-29-20;/h13-14H,2-12,15H2,1H3,(H2,23,24,25);1H. The lowest BCUT2D eigenvalue weighted by Gasteiger charge is -2.21. The molecule has 2 aliphatic rings. The Morgan fingerprint density at radius 3 is 2.87 bits per heavy atom. The Bertz CT molecular complexity index is 732. The molecule has 1 fully saturated rings. The predicted octanol–water partition coefficient (Wildman–Crippen LogP) is 3.58. The van der Waals surface area contributed by atoms with Crippen LogP contribution in [0.4, 0.5) is 0 Å². The Morgan fingerprint density at radius 1 is 1.20 bits per heavy atom. The first-order chi connectivity index (χ1) is 14.2. The summed E-state index contributed by atoms with van der Waals surface area (Å²) >= 11 is 6.31. The van der Waals surface area contributed by atoms with Gasteiger partial charge in [-0.1, -0.05) is 18.0 Å². The van der Waals surface area contributed by atoms with Gasteiger partial charge in [0.15, 0.2) is 17.5 Å². The van der Waals surface area contributed by atoms with Crippen molar-refractivity contribution in [3.63, 3.8) is 0 Å². The second-order valence-corrected chi connectivity index (χ2v) is 7.68. The Hall–Kier alpha value is -1.42. The summed E-state index contributed by atoms with van der Waals surface area (Å²) in [5.41, 5.74) is 0.964. The minimum Gasteiger partial charge on any atom is -0.486 e. The first-order valence-electron chi connectivity index (χ1n) is 10.6. The van der Waals surface area contributed by atoms with E-state index < -0.39 is 0 Å². The molecule has 168 valence electrons. The molecule has 0 atom stereocenters. The van der Waals surface area contributed by atoms with Gasteiger partial charge in [0.1, 0.15) is 13.2 Å².